The molecule has 1 saturated heterocycles. The second-order valence-electron chi connectivity index (χ2n) is 12.7. The zero-order valence-electron chi connectivity index (χ0n) is 25.6. The van der Waals surface area contributed by atoms with Crippen LogP contribution in [0.2, 0.25) is 0 Å². The van der Waals surface area contributed by atoms with Crippen molar-refractivity contribution in [2.75, 3.05) is 6.61 Å². The number of fused-ring (bicyclic) bond motifs is 1. The molecular formula is C31H42O12. The molecule has 43 heavy (non-hydrogen) atoms. The zero-order chi connectivity index (χ0) is 32.1. The summed E-state index contributed by atoms with van der Waals surface area (Å²) in [4.78, 5) is 51.7. The molecule has 1 spiro atoms. The number of hydrogen-bond donors (Lipinski definition) is 3. The maximum Gasteiger partial charge on any atom is 0.338 e. The van der Waals surface area contributed by atoms with Crippen molar-refractivity contribution < 1.29 is 58.2 Å². The Bertz CT molecular complexity index is 1240. The van der Waals surface area contributed by atoms with Gasteiger partial charge in [-0.25, -0.2) is 4.79 Å². The molecule has 0 amide bonds. The first-order chi connectivity index (χ1) is 20.0. The average Bonchev–Trinajstić information content (AvgIpc) is 3.11. The molecule has 2 saturated carbocycles. The molecule has 2 aliphatic carbocycles. The number of esters is 4. The van der Waals surface area contributed by atoms with E-state index < -0.39 is 95.1 Å². The summed E-state index contributed by atoms with van der Waals surface area (Å²) in [5.74, 6) is -4.86. The number of benzene rings is 1. The number of aliphatic hydroxyl groups excluding tert-OH is 2. The van der Waals surface area contributed by atoms with E-state index in [2.05, 4.69) is 0 Å². The number of carbonyl (C=O) groups is 4. The lowest BCUT2D eigenvalue weighted by Gasteiger charge is -2.66. The van der Waals surface area contributed by atoms with Crippen LogP contribution in [-0.2, 0) is 38.1 Å². The van der Waals surface area contributed by atoms with Crippen LogP contribution in [0.25, 0.3) is 0 Å². The van der Waals surface area contributed by atoms with Crippen LogP contribution < -0.4 is 0 Å². The standard InChI is InChI=1S/C31H42O12/c1-8-16(2)26(36)39-15-30-24(41-18(4)33)20(40-17(3)32)14-29(7,38)31(30)23(35)21(28(5,6)43-31)22(34)25(30)42-27(37)19-12-10-9-11-13-19/h9-13,16,20-25,34-35,38H,8,14-15H2,1-7H3/t16?,20-,21+,22-,23+,24-,25+,29-,30-,31-/m0/s1. The summed E-state index contributed by atoms with van der Waals surface area (Å²) in [7, 11) is 0. The van der Waals surface area contributed by atoms with E-state index in [0.29, 0.717) is 6.42 Å². The van der Waals surface area contributed by atoms with Crippen molar-refractivity contribution in [3.05, 3.63) is 35.9 Å². The van der Waals surface area contributed by atoms with Gasteiger partial charge in [0.25, 0.3) is 0 Å². The fraction of sp³-hybridized carbons (Fsp3) is 0.677. The maximum atomic E-state index is 13.6. The number of ether oxygens (including phenoxy) is 5. The van der Waals surface area contributed by atoms with E-state index in [4.69, 9.17) is 23.7 Å². The molecule has 3 aliphatic rings. The highest BCUT2D eigenvalue weighted by atomic mass is 16.6. The molecule has 3 fully saturated rings. The van der Waals surface area contributed by atoms with Crippen LogP contribution in [0.1, 0.15) is 71.7 Å². The molecule has 1 aliphatic heterocycles. The molecule has 1 aromatic carbocycles. The first-order valence-electron chi connectivity index (χ1n) is 14.5. The van der Waals surface area contributed by atoms with E-state index in [9.17, 15) is 34.5 Å². The Balaban J connectivity index is 2.04. The summed E-state index contributed by atoms with van der Waals surface area (Å²) < 4.78 is 29.8. The van der Waals surface area contributed by atoms with Gasteiger partial charge in [-0.15, -0.1) is 0 Å². The van der Waals surface area contributed by atoms with Gasteiger partial charge in [-0.1, -0.05) is 32.0 Å². The molecule has 4 rings (SSSR count). The van der Waals surface area contributed by atoms with Crippen molar-refractivity contribution >= 4 is 23.9 Å². The van der Waals surface area contributed by atoms with Gasteiger partial charge in [0, 0.05) is 26.2 Å². The van der Waals surface area contributed by atoms with Crippen LogP contribution >= 0.6 is 0 Å². The molecule has 1 heterocycles. The lowest BCUT2D eigenvalue weighted by Crippen LogP contribution is -2.85. The Morgan fingerprint density at radius 2 is 1.58 bits per heavy atom. The quantitative estimate of drug-likeness (QED) is 0.289. The van der Waals surface area contributed by atoms with Gasteiger partial charge in [0.2, 0.25) is 0 Å². The Hall–Kier alpha value is -3.06. The van der Waals surface area contributed by atoms with Crippen molar-refractivity contribution in [1.29, 1.82) is 0 Å². The van der Waals surface area contributed by atoms with Gasteiger partial charge in [-0.05, 0) is 39.3 Å². The first kappa shape index (κ1) is 32.8. The largest absolute Gasteiger partial charge is 0.464 e. The summed E-state index contributed by atoms with van der Waals surface area (Å²) in [5.41, 5.74) is -7.64. The Morgan fingerprint density at radius 3 is 2.14 bits per heavy atom. The van der Waals surface area contributed by atoms with Crippen molar-refractivity contribution in [3.63, 3.8) is 0 Å². The highest BCUT2D eigenvalue weighted by Crippen LogP contribution is 2.68. The van der Waals surface area contributed by atoms with E-state index in [1.807, 2.05) is 0 Å². The van der Waals surface area contributed by atoms with E-state index in [0.717, 1.165) is 13.8 Å². The van der Waals surface area contributed by atoms with Crippen LogP contribution in [0.15, 0.2) is 30.3 Å². The van der Waals surface area contributed by atoms with E-state index in [1.165, 1.54) is 19.1 Å². The third-order valence-electron chi connectivity index (χ3n) is 9.43. The molecule has 3 N–H and O–H groups in total. The van der Waals surface area contributed by atoms with Gasteiger partial charge >= 0.3 is 23.9 Å². The molecule has 238 valence electrons. The smallest absolute Gasteiger partial charge is 0.338 e. The fourth-order valence-corrected chi connectivity index (χ4v) is 7.51. The molecular weight excluding hydrogens is 564 g/mol. The third kappa shape index (κ3) is 5.11. The van der Waals surface area contributed by atoms with Gasteiger partial charge in [-0.2, -0.15) is 0 Å². The highest BCUT2D eigenvalue weighted by Gasteiger charge is 2.87. The fourth-order valence-electron chi connectivity index (χ4n) is 7.51. The number of rotatable bonds is 8. The van der Waals surface area contributed by atoms with Gasteiger partial charge in [0.05, 0.1) is 28.8 Å². The first-order valence-corrected chi connectivity index (χ1v) is 14.5. The van der Waals surface area contributed by atoms with Crippen molar-refractivity contribution in [3.8, 4) is 0 Å². The van der Waals surface area contributed by atoms with Crippen LogP contribution in [-0.4, -0.2) is 93.1 Å². The third-order valence-corrected chi connectivity index (χ3v) is 9.43. The van der Waals surface area contributed by atoms with Crippen molar-refractivity contribution in [2.45, 2.75) is 109 Å². The minimum atomic E-state index is -2.18. The SMILES string of the molecule is CCC(C)C(=O)OC[C@]12[C@H](OC(=O)c3ccccc3)[C@@H](O)[C@@H]3[C@@H](O)[C@]1(OC3(C)C)[C@@](C)(O)C[C@H](OC(C)=O)[C@@H]2OC(C)=O. The lowest BCUT2D eigenvalue weighted by atomic mass is 9.46. The van der Waals surface area contributed by atoms with Gasteiger partial charge in [-0.3, -0.25) is 14.4 Å². The Labute approximate surface area is 250 Å². The summed E-state index contributed by atoms with van der Waals surface area (Å²) in [6.45, 7) is 9.46. The zero-order valence-corrected chi connectivity index (χ0v) is 25.6. The highest BCUT2D eigenvalue weighted by molar-refractivity contribution is 5.89. The maximum absolute atomic E-state index is 13.6. The van der Waals surface area contributed by atoms with Crippen LogP contribution in [0.3, 0.4) is 0 Å². The molecule has 10 atom stereocenters. The summed E-state index contributed by atoms with van der Waals surface area (Å²) in [6, 6.07) is 7.91. The molecule has 1 aromatic rings. The molecule has 2 bridgehead atoms. The summed E-state index contributed by atoms with van der Waals surface area (Å²) >= 11 is 0. The van der Waals surface area contributed by atoms with Crippen LogP contribution in [0.5, 0.6) is 0 Å². The second kappa shape index (κ2) is 11.5. The predicted molar refractivity (Wildman–Crippen MR) is 148 cm³/mol. The minimum absolute atomic E-state index is 0.122. The average molecular weight is 607 g/mol. The number of carbonyl (C=O) groups excluding carboxylic acids is 4. The monoisotopic (exact) mass is 606 g/mol. The van der Waals surface area contributed by atoms with Gasteiger partial charge < -0.3 is 39.0 Å². The minimum Gasteiger partial charge on any atom is -0.464 e. The van der Waals surface area contributed by atoms with Crippen LogP contribution in [0, 0.1) is 17.3 Å². The Morgan fingerprint density at radius 1 is 0.977 bits per heavy atom. The van der Waals surface area contributed by atoms with Gasteiger partial charge in [0.15, 0.2) is 6.10 Å². The number of aliphatic hydroxyl groups is 3. The van der Waals surface area contributed by atoms with E-state index in [-0.39, 0.29) is 12.0 Å². The Kier molecular flexibility index (Phi) is 8.75. The van der Waals surface area contributed by atoms with Crippen LogP contribution in [0.4, 0.5) is 0 Å². The molecule has 0 aromatic heterocycles. The van der Waals surface area contributed by atoms with Crippen molar-refractivity contribution in [1.82, 2.24) is 0 Å². The molecule has 12 heteroatoms. The second-order valence-corrected chi connectivity index (χ2v) is 12.7. The molecule has 12 nitrogen and oxygen atoms in total. The normalized spacial score (nSPS) is 38.3. The predicted octanol–water partition coefficient (Wildman–Crippen LogP) is 1.70. The van der Waals surface area contributed by atoms with E-state index in [1.54, 1.807) is 45.9 Å². The summed E-state index contributed by atoms with van der Waals surface area (Å²) in [6.07, 6.45) is -7.98. The molecule has 1 unspecified atom stereocenters. The number of hydrogen-bond acceptors (Lipinski definition) is 12. The topological polar surface area (TPSA) is 175 Å². The van der Waals surface area contributed by atoms with Crippen molar-refractivity contribution in [2.24, 2.45) is 17.3 Å². The lowest BCUT2D eigenvalue weighted by molar-refractivity contribution is -0.362. The van der Waals surface area contributed by atoms with Gasteiger partial charge in [0.1, 0.15) is 35.9 Å². The summed E-state index contributed by atoms with van der Waals surface area (Å²) in [5, 5.41) is 36.3. The molecule has 0 radical (unpaired) electrons. The van der Waals surface area contributed by atoms with E-state index >= 15 is 0 Å².